The maximum Gasteiger partial charge on any atom is 0.497 e. The molecule has 5 rings (SSSR count). The Morgan fingerprint density at radius 3 is 2.47 bits per heavy atom. The molecule has 4 heterocycles. The molecule has 2 atom stereocenters. The molecule has 2 aromatic rings. The number of carbonyl (C=O) groups excluding carboxylic acids is 1. The van der Waals surface area contributed by atoms with Crippen molar-refractivity contribution in [1.29, 1.82) is 0 Å². The number of nitrogens with zero attached hydrogens (tertiary/aromatic N) is 6. The first-order chi connectivity index (χ1) is 23.2. The van der Waals surface area contributed by atoms with Gasteiger partial charge in [0.15, 0.2) is 22.5 Å². The number of aromatic nitrogens is 2. The summed E-state index contributed by atoms with van der Waals surface area (Å²) in [4.78, 5) is 30.6. The number of piperidine rings is 1. The number of amides is 1. The minimum Gasteiger partial charge on any atom is -0.391 e. The van der Waals surface area contributed by atoms with Crippen LogP contribution in [0.2, 0.25) is 5.15 Å². The average Bonchev–Trinajstić information content (AvgIpc) is 3.50. The Labute approximate surface area is 290 Å². The number of hydrogen-bond donors (Lipinski definition) is 3. The van der Waals surface area contributed by atoms with Gasteiger partial charge in [0.25, 0.3) is 5.91 Å². The number of aryl methyl sites for hydroxylation is 1. The predicted molar refractivity (Wildman–Crippen MR) is 184 cm³/mol. The van der Waals surface area contributed by atoms with Gasteiger partial charge in [-0.15, -0.1) is 0 Å². The summed E-state index contributed by atoms with van der Waals surface area (Å²) < 4.78 is 60.1. The van der Waals surface area contributed by atoms with Crippen LogP contribution in [-0.2, 0) is 16.4 Å². The number of sulfone groups is 1. The van der Waals surface area contributed by atoms with E-state index in [0.717, 1.165) is 58.4 Å². The second kappa shape index (κ2) is 15.5. The van der Waals surface area contributed by atoms with Crippen molar-refractivity contribution in [3.8, 4) is 0 Å². The molecular formula is C32H46ClF3N8O4S. The molecule has 1 aromatic heterocycles. The highest BCUT2D eigenvalue weighted by Crippen LogP contribution is 2.32. The molecule has 0 bridgehead atoms. The van der Waals surface area contributed by atoms with Crippen molar-refractivity contribution in [2.75, 3.05) is 73.6 Å². The number of nitrogen functional groups attached to an aromatic ring is 1. The fraction of sp³-hybridized carbons (Fsp3) is 0.656. The zero-order chi connectivity index (χ0) is 35.5. The lowest BCUT2D eigenvalue weighted by molar-refractivity contribution is -0.0435. The lowest BCUT2D eigenvalue weighted by atomic mass is 9.97. The molecular weight excluding hydrogens is 685 g/mol. The van der Waals surface area contributed by atoms with Crippen molar-refractivity contribution in [3.63, 3.8) is 0 Å². The summed E-state index contributed by atoms with van der Waals surface area (Å²) in [5.74, 6) is -1.78. The fourth-order valence-electron chi connectivity index (χ4n) is 7.07. The number of rotatable bonds is 11. The topological polar surface area (TPSA) is 148 Å². The highest BCUT2D eigenvalue weighted by atomic mass is 35.5. The van der Waals surface area contributed by atoms with E-state index in [0.29, 0.717) is 31.5 Å². The van der Waals surface area contributed by atoms with Gasteiger partial charge in [0.1, 0.15) is 0 Å². The van der Waals surface area contributed by atoms with Crippen molar-refractivity contribution in [1.82, 2.24) is 25.1 Å². The number of β-amino-alcohol motifs (C(OH)–C–C–N with tert-alkyl or cyclic N) is 1. The standard InChI is InChI=1S/C32H46ClF3N8O4S/c1-3-23-19-43(30-28(33)39-27(29(37)40-30)31(46)38-10-4-16-49(47,48)32(34,35)36)14-15-44(23)24-7-11-41(12-8-24)18-22-6-5-21(2)17-26(22)42-13-9-25(45)20-42/h5-6,17,23-25,45H,3-4,7-16,18-20H2,1-2H3,(H2,37,40)(H,38,46)/t23-,25+/m0/s1. The molecule has 1 aromatic carbocycles. The second-order valence-corrected chi connectivity index (χ2v) is 15.7. The Bertz CT molecular complexity index is 1590. The summed E-state index contributed by atoms with van der Waals surface area (Å²) in [7, 11) is -5.28. The van der Waals surface area contributed by atoms with Gasteiger partial charge in [-0.25, -0.2) is 18.4 Å². The molecule has 0 saturated carbocycles. The highest BCUT2D eigenvalue weighted by Gasteiger charge is 2.44. The van der Waals surface area contributed by atoms with Crippen molar-refractivity contribution >= 4 is 44.7 Å². The molecule has 0 radical (unpaired) electrons. The summed E-state index contributed by atoms with van der Waals surface area (Å²) in [6.45, 7) is 10.4. The van der Waals surface area contributed by atoms with Crippen LogP contribution in [0.25, 0.3) is 0 Å². The third kappa shape index (κ3) is 8.88. The Morgan fingerprint density at radius 1 is 1.08 bits per heavy atom. The highest BCUT2D eigenvalue weighted by molar-refractivity contribution is 7.92. The zero-order valence-electron chi connectivity index (χ0n) is 27.9. The van der Waals surface area contributed by atoms with E-state index in [2.05, 4.69) is 62.0 Å². The van der Waals surface area contributed by atoms with Crippen LogP contribution in [0.1, 0.15) is 60.6 Å². The first-order valence-corrected chi connectivity index (χ1v) is 18.9. The zero-order valence-corrected chi connectivity index (χ0v) is 29.5. The third-order valence-corrected chi connectivity index (χ3v) is 11.6. The first-order valence-electron chi connectivity index (χ1n) is 16.8. The molecule has 272 valence electrons. The summed E-state index contributed by atoms with van der Waals surface area (Å²) >= 11 is 6.49. The van der Waals surface area contributed by atoms with Crippen molar-refractivity contribution in [2.24, 2.45) is 0 Å². The van der Waals surface area contributed by atoms with E-state index in [1.165, 1.54) is 16.8 Å². The Morgan fingerprint density at radius 2 is 1.82 bits per heavy atom. The van der Waals surface area contributed by atoms with Gasteiger partial charge in [0, 0.05) is 63.6 Å². The largest absolute Gasteiger partial charge is 0.497 e. The Balaban J connectivity index is 1.14. The molecule has 12 nitrogen and oxygen atoms in total. The maximum absolute atomic E-state index is 12.6. The van der Waals surface area contributed by atoms with Gasteiger partial charge in [0.2, 0.25) is 9.84 Å². The molecule has 3 fully saturated rings. The first kappa shape index (κ1) is 37.3. The molecule has 17 heteroatoms. The van der Waals surface area contributed by atoms with Crippen LogP contribution in [0.3, 0.4) is 0 Å². The monoisotopic (exact) mass is 730 g/mol. The van der Waals surface area contributed by atoms with Crippen LogP contribution >= 0.6 is 11.6 Å². The number of nitrogens with one attached hydrogen (secondary N) is 1. The number of likely N-dealkylation sites (tertiary alicyclic amines) is 1. The summed E-state index contributed by atoms with van der Waals surface area (Å²) in [6.07, 6.45) is 3.12. The van der Waals surface area contributed by atoms with Crippen LogP contribution in [0.4, 0.5) is 30.5 Å². The maximum atomic E-state index is 12.6. The lowest BCUT2D eigenvalue weighted by Gasteiger charge is -2.47. The molecule has 3 aliphatic heterocycles. The van der Waals surface area contributed by atoms with Crippen LogP contribution < -0.4 is 20.9 Å². The van der Waals surface area contributed by atoms with Gasteiger partial charge >= 0.3 is 5.51 Å². The van der Waals surface area contributed by atoms with E-state index >= 15 is 0 Å². The summed E-state index contributed by atoms with van der Waals surface area (Å²) in [5.41, 5.74) is 4.20. The molecule has 4 N–H and O–H groups in total. The Hall–Kier alpha value is -2.92. The van der Waals surface area contributed by atoms with E-state index in [1.54, 1.807) is 0 Å². The number of aliphatic hydroxyl groups excluding tert-OH is 1. The van der Waals surface area contributed by atoms with E-state index < -0.39 is 33.4 Å². The Kier molecular flexibility index (Phi) is 11.8. The number of alkyl halides is 3. The number of benzene rings is 1. The van der Waals surface area contributed by atoms with Gasteiger partial charge in [0.05, 0.1) is 11.9 Å². The number of carbonyl (C=O) groups is 1. The summed E-state index contributed by atoms with van der Waals surface area (Å²) in [5, 5.41) is 12.4. The van der Waals surface area contributed by atoms with Gasteiger partial charge in [-0.1, -0.05) is 30.7 Å². The molecule has 0 spiro atoms. The van der Waals surface area contributed by atoms with Crippen LogP contribution in [0.15, 0.2) is 18.2 Å². The quantitative estimate of drug-likeness (QED) is 0.293. The predicted octanol–water partition coefficient (Wildman–Crippen LogP) is 3.21. The van der Waals surface area contributed by atoms with Gasteiger partial charge in [-0.2, -0.15) is 13.2 Å². The van der Waals surface area contributed by atoms with E-state index in [-0.39, 0.29) is 35.4 Å². The fourth-order valence-corrected chi connectivity index (χ4v) is 8.07. The number of anilines is 3. The molecule has 3 aliphatic rings. The van der Waals surface area contributed by atoms with Gasteiger partial charge in [-0.05, 0) is 69.3 Å². The number of piperazine rings is 1. The minimum atomic E-state index is -5.34. The molecule has 0 unspecified atom stereocenters. The van der Waals surface area contributed by atoms with E-state index in [9.17, 15) is 31.5 Å². The van der Waals surface area contributed by atoms with Crippen molar-refractivity contribution < 1.29 is 31.5 Å². The van der Waals surface area contributed by atoms with E-state index in [4.69, 9.17) is 17.3 Å². The smallest absolute Gasteiger partial charge is 0.391 e. The number of hydrogen-bond acceptors (Lipinski definition) is 11. The third-order valence-electron chi connectivity index (χ3n) is 9.77. The molecule has 3 saturated heterocycles. The van der Waals surface area contributed by atoms with Crippen LogP contribution in [0.5, 0.6) is 0 Å². The molecule has 49 heavy (non-hydrogen) atoms. The average molecular weight is 731 g/mol. The van der Waals surface area contributed by atoms with Gasteiger partial charge < -0.3 is 26.0 Å². The minimum absolute atomic E-state index is 0.0190. The number of aliphatic hydroxyl groups is 1. The van der Waals surface area contributed by atoms with Crippen LogP contribution in [-0.4, -0.2) is 121 Å². The van der Waals surface area contributed by atoms with Crippen molar-refractivity contribution in [2.45, 2.75) is 76.2 Å². The number of nitrogens with two attached hydrogens (primary N) is 1. The van der Waals surface area contributed by atoms with Crippen LogP contribution in [0, 0.1) is 6.92 Å². The molecule has 0 aliphatic carbocycles. The SMILES string of the molecule is CC[C@H]1CN(c2nc(N)c(C(=O)NCCCS(=O)(=O)C(F)(F)F)nc2Cl)CCN1C1CCN(Cc2ccc(C)cc2N2CC[C@@H](O)C2)CC1. The lowest BCUT2D eigenvalue weighted by Crippen LogP contribution is -2.58. The summed E-state index contributed by atoms with van der Waals surface area (Å²) in [6, 6.07) is 7.31. The van der Waals surface area contributed by atoms with E-state index in [1.807, 2.05) is 4.90 Å². The second-order valence-electron chi connectivity index (χ2n) is 13.2. The van der Waals surface area contributed by atoms with Gasteiger partial charge in [-0.3, -0.25) is 14.6 Å². The number of halogens is 4. The molecule has 1 amide bonds. The normalized spacial score (nSPS) is 21.8. The van der Waals surface area contributed by atoms with Crippen molar-refractivity contribution in [3.05, 3.63) is 40.2 Å².